The van der Waals surface area contributed by atoms with Crippen molar-refractivity contribution in [3.05, 3.63) is 29.3 Å². The van der Waals surface area contributed by atoms with Crippen molar-refractivity contribution >= 4 is 11.9 Å². The highest BCUT2D eigenvalue weighted by molar-refractivity contribution is 6.09. The maximum atomic E-state index is 8.38. The molecule has 1 aliphatic rings. The standard InChI is InChI=1S/C18H26N2O/c1-3-5-13(6-4-2)14-7-8-17-16(11-14)18(20)15(12-19)9-10-21-17/h7-8,11-13,15,19-20H,3-6,9-10H2,1-2H3. The van der Waals surface area contributed by atoms with Crippen molar-refractivity contribution < 1.29 is 4.74 Å². The summed E-state index contributed by atoms with van der Waals surface area (Å²) in [7, 11) is 0. The Kier molecular flexibility index (Phi) is 5.54. The number of benzene rings is 1. The summed E-state index contributed by atoms with van der Waals surface area (Å²) >= 11 is 0. The van der Waals surface area contributed by atoms with Crippen LogP contribution in [-0.4, -0.2) is 18.5 Å². The van der Waals surface area contributed by atoms with Gasteiger partial charge in [-0.3, -0.25) is 0 Å². The molecule has 114 valence electrons. The maximum absolute atomic E-state index is 8.38. The summed E-state index contributed by atoms with van der Waals surface area (Å²) in [5, 5.41) is 15.9. The lowest BCUT2D eigenvalue weighted by Crippen LogP contribution is -2.15. The van der Waals surface area contributed by atoms with E-state index in [0.717, 1.165) is 17.7 Å². The zero-order valence-electron chi connectivity index (χ0n) is 13.1. The molecular weight excluding hydrogens is 260 g/mol. The van der Waals surface area contributed by atoms with Gasteiger partial charge >= 0.3 is 0 Å². The number of hydrogen-bond donors (Lipinski definition) is 2. The van der Waals surface area contributed by atoms with E-state index in [4.69, 9.17) is 15.6 Å². The van der Waals surface area contributed by atoms with Crippen LogP contribution in [0.3, 0.4) is 0 Å². The molecule has 0 aliphatic carbocycles. The van der Waals surface area contributed by atoms with Crippen molar-refractivity contribution in [1.82, 2.24) is 0 Å². The van der Waals surface area contributed by atoms with E-state index >= 15 is 0 Å². The number of hydrogen-bond acceptors (Lipinski definition) is 3. The third kappa shape index (κ3) is 3.52. The summed E-state index contributed by atoms with van der Waals surface area (Å²) in [5.74, 6) is 1.26. The molecule has 1 aromatic carbocycles. The second-order valence-corrected chi connectivity index (χ2v) is 5.85. The number of ether oxygens (including phenoxy) is 1. The van der Waals surface area contributed by atoms with E-state index in [0.29, 0.717) is 18.2 Å². The summed E-state index contributed by atoms with van der Waals surface area (Å²) in [5.41, 5.74) is 2.73. The molecule has 0 radical (unpaired) electrons. The lowest BCUT2D eigenvalue weighted by molar-refractivity contribution is 0.312. The lowest BCUT2D eigenvalue weighted by atomic mass is 9.87. The Hall–Kier alpha value is -1.64. The molecule has 1 unspecified atom stereocenters. The fourth-order valence-corrected chi connectivity index (χ4v) is 3.12. The Morgan fingerprint density at radius 2 is 2.00 bits per heavy atom. The molecule has 3 nitrogen and oxygen atoms in total. The molecule has 0 saturated heterocycles. The molecule has 0 bridgehead atoms. The number of rotatable bonds is 6. The monoisotopic (exact) mass is 286 g/mol. The van der Waals surface area contributed by atoms with Crippen LogP contribution in [0, 0.1) is 16.7 Å². The van der Waals surface area contributed by atoms with Crippen molar-refractivity contribution in [3.63, 3.8) is 0 Å². The van der Waals surface area contributed by atoms with Crippen molar-refractivity contribution in [2.75, 3.05) is 6.61 Å². The normalized spacial score (nSPS) is 18.0. The molecule has 3 heteroatoms. The fourth-order valence-electron chi connectivity index (χ4n) is 3.12. The van der Waals surface area contributed by atoms with Crippen molar-refractivity contribution in [2.24, 2.45) is 5.92 Å². The fraction of sp³-hybridized carbons (Fsp3) is 0.556. The van der Waals surface area contributed by atoms with Gasteiger partial charge in [-0.05, 0) is 42.9 Å². The van der Waals surface area contributed by atoms with E-state index in [-0.39, 0.29) is 5.92 Å². The quantitative estimate of drug-likeness (QED) is 0.726. The van der Waals surface area contributed by atoms with Gasteiger partial charge < -0.3 is 15.6 Å². The predicted octanol–water partition coefficient (Wildman–Crippen LogP) is 4.79. The number of fused-ring (bicyclic) bond motifs is 1. The van der Waals surface area contributed by atoms with Gasteiger partial charge in [0.1, 0.15) is 5.75 Å². The van der Waals surface area contributed by atoms with Gasteiger partial charge in [0.05, 0.1) is 12.3 Å². The molecule has 1 heterocycles. The topological polar surface area (TPSA) is 56.9 Å². The first kappa shape index (κ1) is 15.7. The van der Waals surface area contributed by atoms with Crippen LogP contribution in [0.2, 0.25) is 0 Å². The summed E-state index contributed by atoms with van der Waals surface area (Å²) in [6.07, 6.45) is 6.84. The van der Waals surface area contributed by atoms with E-state index < -0.39 is 0 Å². The van der Waals surface area contributed by atoms with Gasteiger partial charge in [0.15, 0.2) is 0 Å². The van der Waals surface area contributed by atoms with Crippen LogP contribution in [0.1, 0.15) is 63.0 Å². The Morgan fingerprint density at radius 3 is 2.62 bits per heavy atom. The van der Waals surface area contributed by atoms with E-state index in [1.54, 1.807) is 0 Å². The van der Waals surface area contributed by atoms with Gasteiger partial charge in [-0.1, -0.05) is 32.8 Å². The summed E-state index contributed by atoms with van der Waals surface area (Å²) in [4.78, 5) is 0. The van der Waals surface area contributed by atoms with Crippen LogP contribution in [0.4, 0.5) is 0 Å². The Bertz CT molecular complexity index is 504. The zero-order chi connectivity index (χ0) is 15.2. The average Bonchev–Trinajstić information content (AvgIpc) is 2.66. The second kappa shape index (κ2) is 7.39. The highest BCUT2D eigenvalue weighted by atomic mass is 16.5. The third-order valence-corrected chi connectivity index (χ3v) is 4.30. The smallest absolute Gasteiger partial charge is 0.128 e. The van der Waals surface area contributed by atoms with Gasteiger partial charge in [-0.2, -0.15) is 0 Å². The van der Waals surface area contributed by atoms with Gasteiger partial charge in [0.2, 0.25) is 0 Å². The zero-order valence-corrected chi connectivity index (χ0v) is 13.1. The van der Waals surface area contributed by atoms with Gasteiger partial charge in [0.25, 0.3) is 0 Å². The van der Waals surface area contributed by atoms with Gasteiger partial charge in [0, 0.05) is 17.7 Å². The minimum Gasteiger partial charge on any atom is -0.493 e. The molecule has 0 fully saturated rings. The van der Waals surface area contributed by atoms with Crippen LogP contribution in [0.25, 0.3) is 0 Å². The molecule has 0 spiro atoms. The SMILES string of the molecule is CCCC(CCC)c1ccc2c(c1)C(=N)C(C=N)CCO2. The molecule has 1 atom stereocenters. The Labute approximate surface area is 127 Å². The van der Waals surface area contributed by atoms with Crippen LogP contribution >= 0.6 is 0 Å². The molecule has 0 aromatic heterocycles. The van der Waals surface area contributed by atoms with Crippen LogP contribution in [0.15, 0.2) is 18.2 Å². The van der Waals surface area contributed by atoms with Crippen molar-refractivity contribution in [3.8, 4) is 5.75 Å². The molecule has 2 rings (SSSR count). The average molecular weight is 286 g/mol. The maximum Gasteiger partial charge on any atom is 0.128 e. The minimum atomic E-state index is -0.114. The summed E-state index contributed by atoms with van der Waals surface area (Å²) in [6, 6.07) is 6.31. The summed E-state index contributed by atoms with van der Waals surface area (Å²) in [6.45, 7) is 5.03. The lowest BCUT2D eigenvalue weighted by Gasteiger charge is -2.18. The van der Waals surface area contributed by atoms with Gasteiger partial charge in [-0.15, -0.1) is 0 Å². The van der Waals surface area contributed by atoms with Crippen molar-refractivity contribution in [2.45, 2.75) is 51.9 Å². The third-order valence-electron chi connectivity index (χ3n) is 4.30. The van der Waals surface area contributed by atoms with E-state index in [1.807, 2.05) is 6.07 Å². The highest BCUT2D eigenvalue weighted by Gasteiger charge is 2.23. The largest absolute Gasteiger partial charge is 0.493 e. The number of nitrogens with one attached hydrogen (secondary N) is 2. The Balaban J connectivity index is 2.35. The first-order valence-electron chi connectivity index (χ1n) is 8.07. The molecule has 2 N–H and O–H groups in total. The summed E-state index contributed by atoms with van der Waals surface area (Å²) < 4.78 is 5.76. The van der Waals surface area contributed by atoms with E-state index in [9.17, 15) is 0 Å². The molecular formula is C18H26N2O. The van der Waals surface area contributed by atoms with Crippen LogP contribution < -0.4 is 4.74 Å². The van der Waals surface area contributed by atoms with Crippen molar-refractivity contribution in [1.29, 1.82) is 10.8 Å². The highest BCUT2D eigenvalue weighted by Crippen LogP contribution is 2.33. The molecule has 21 heavy (non-hydrogen) atoms. The van der Waals surface area contributed by atoms with Crippen LogP contribution in [0.5, 0.6) is 5.75 Å². The molecule has 1 aromatic rings. The van der Waals surface area contributed by atoms with E-state index in [2.05, 4.69) is 26.0 Å². The van der Waals surface area contributed by atoms with Gasteiger partial charge in [-0.25, -0.2) is 0 Å². The molecule has 1 aliphatic heterocycles. The molecule has 0 amide bonds. The second-order valence-electron chi connectivity index (χ2n) is 5.85. The van der Waals surface area contributed by atoms with Crippen LogP contribution in [-0.2, 0) is 0 Å². The Morgan fingerprint density at radius 1 is 1.29 bits per heavy atom. The first-order valence-corrected chi connectivity index (χ1v) is 8.07. The first-order chi connectivity index (χ1) is 10.2. The predicted molar refractivity (Wildman–Crippen MR) is 88.2 cm³/mol. The molecule has 0 saturated carbocycles. The van der Waals surface area contributed by atoms with E-state index in [1.165, 1.54) is 37.5 Å². The minimum absolute atomic E-state index is 0.114.